The van der Waals surface area contributed by atoms with Gasteiger partial charge >= 0.3 is 0 Å². The zero-order valence-electron chi connectivity index (χ0n) is 12.5. The molecule has 0 aliphatic rings. The lowest BCUT2D eigenvalue weighted by Gasteiger charge is -2.17. The molecule has 0 aromatic heterocycles. The Morgan fingerprint density at radius 1 is 1.05 bits per heavy atom. The van der Waals surface area contributed by atoms with Crippen LogP contribution in [-0.2, 0) is 6.54 Å². The van der Waals surface area contributed by atoms with Gasteiger partial charge in [-0.15, -0.1) is 0 Å². The largest absolute Gasteiger partial charge is 0.494 e. The summed E-state index contributed by atoms with van der Waals surface area (Å²) >= 11 is 0. The van der Waals surface area contributed by atoms with Crippen molar-refractivity contribution in [2.24, 2.45) is 0 Å². The van der Waals surface area contributed by atoms with Crippen molar-refractivity contribution < 1.29 is 9.84 Å². The van der Waals surface area contributed by atoms with Gasteiger partial charge in [0.25, 0.3) is 0 Å². The Balaban J connectivity index is 1.89. The fourth-order valence-corrected chi connectivity index (χ4v) is 2.14. The van der Waals surface area contributed by atoms with Gasteiger partial charge in [0.1, 0.15) is 5.75 Å². The van der Waals surface area contributed by atoms with E-state index in [2.05, 4.69) is 24.4 Å². The molecule has 0 aliphatic carbocycles. The van der Waals surface area contributed by atoms with Crippen LogP contribution >= 0.6 is 0 Å². The molecule has 1 atom stereocenters. The monoisotopic (exact) mass is 285 g/mol. The molecule has 0 radical (unpaired) electrons. The summed E-state index contributed by atoms with van der Waals surface area (Å²) in [5.41, 5.74) is 2.27. The molecule has 2 aromatic carbocycles. The second kappa shape index (κ2) is 8.45. The molecular weight excluding hydrogens is 262 g/mol. The number of aliphatic hydroxyl groups excluding tert-OH is 1. The third-order valence-electron chi connectivity index (χ3n) is 3.33. The van der Waals surface area contributed by atoms with Crippen molar-refractivity contribution in [3.8, 4) is 5.75 Å². The van der Waals surface area contributed by atoms with Crippen molar-refractivity contribution >= 4 is 0 Å². The third-order valence-corrected chi connectivity index (χ3v) is 3.33. The van der Waals surface area contributed by atoms with Crippen LogP contribution in [0.4, 0.5) is 0 Å². The topological polar surface area (TPSA) is 41.5 Å². The van der Waals surface area contributed by atoms with Crippen LogP contribution in [-0.4, -0.2) is 18.3 Å². The number of hydrogen-bond acceptors (Lipinski definition) is 3. The van der Waals surface area contributed by atoms with Crippen molar-refractivity contribution in [1.82, 2.24) is 5.32 Å². The molecular formula is C18H23NO2. The fraction of sp³-hybridized carbons (Fsp3) is 0.333. The first-order valence-electron chi connectivity index (χ1n) is 7.44. The lowest BCUT2D eigenvalue weighted by Crippen LogP contribution is -2.23. The van der Waals surface area contributed by atoms with Crippen LogP contribution in [0.5, 0.6) is 5.75 Å². The maximum Gasteiger partial charge on any atom is 0.119 e. The summed E-state index contributed by atoms with van der Waals surface area (Å²) < 4.78 is 5.57. The number of benzene rings is 2. The van der Waals surface area contributed by atoms with Crippen molar-refractivity contribution in [2.45, 2.75) is 25.9 Å². The van der Waals surface area contributed by atoms with Crippen LogP contribution in [0.25, 0.3) is 0 Å². The molecule has 0 amide bonds. The minimum Gasteiger partial charge on any atom is -0.494 e. The van der Waals surface area contributed by atoms with Gasteiger partial charge in [0.2, 0.25) is 0 Å². The number of ether oxygens (including phenoxy) is 1. The van der Waals surface area contributed by atoms with Gasteiger partial charge in [0.05, 0.1) is 19.3 Å². The molecule has 0 bridgehead atoms. The molecule has 0 saturated heterocycles. The van der Waals surface area contributed by atoms with Crippen molar-refractivity contribution in [3.05, 3.63) is 65.7 Å². The molecule has 21 heavy (non-hydrogen) atoms. The first kappa shape index (κ1) is 15.5. The SMILES string of the molecule is CCCOc1ccc(CNC(CO)c2ccccc2)cc1. The van der Waals surface area contributed by atoms with E-state index < -0.39 is 0 Å². The summed E-state index contributed by atoms with van der Waals surface area (Å²) in [5, 5.41) is 12.9. The van der Waals surface area contributed by atoms with E-state index in [0.29, 0.717) is 6.54 Å². The smallest absolute Gasteiger partial charge is 0.119 e. The van der Waals surface area contributed by atoms with Crippen LogP contribution in [0.1, 0.15) is 30.5 Å². The maximum atomic E-state index is 9.52. The molecule has 0 aliphatic heterocycles. The number of rotatable bonds is 8. The van der Waals surface area contributed by atoms with E-state index in [1.54, 1.807) is 0 Å². The first-order valence-corrected chi connectivity index (χ1v) is 7.44. The highest BCUT2D eigenvalue weighted by Crippen LogP contribution is 2.15. The highest BCUT2D eigenvalue weighted by molar-refractivity contribution is 5.27. The molecule has 0 heterocycles. The summed E-state index contributed by atoms with van der Waals surface area (Å²) in [6.07, 6.45) is 1.01. The quantitative estimate of drug-likeness (QED) is 0.782. The molecule has 0 fully saturated rings. The number of nitrogens with one attached hydrogen (secondary N) is 1. The van der Waals surface area contributed by atoms with E-state index in [1.807, 2.05) is 42.5 Å². The third kappa shape index (κ3) is 4.88. The van der Waals surface area contributed by atoms with Crippen LogP contribution in [0.2, 0.25) is 0 Å². The second-order valence-corrected chi connectivity index (χ2v) is 5.02. The van der Waals surface area contributed by atoms with E-state index in [-0.39, 0.29) is 12.6 Å². The molecule has 2 aromatic rings. The first-order chi connectivity index (χ1) is 10.3. The van der Waals surface area contributed by atoms with Gasteiger partial charge in [-0.05, 0) is 29.7 Å². The zero-order chi connectivity index (χ0) is 14.9. The van der Waals surface area contributed by atoms with Crippen LogP contribution in [0, 0.1) is 0 Å². The highest BCUT2D eigenvalue weighted by atomic mass is 16.5. The summed E-state index contributed by atoms with van der Waals surface area (Å²) in [6, 6.07) is 18.0. The van der Waals surface area contributed by atoms with Crippen LogP contribution in [0.3, 0.4) is 0 Å². The van der Waals surface area contributed by atoms with Crippen molar-refractivity contribution in [3.63, 3.8) is 0 Å². The molecule has 2 rings (SSSR count). The second-order valence-electron chi connectivity index (χ2n) is 5.02. The Kier molecular flexibility index (Phi) is 6.25. The molecule has 3 heteroatoms. The van der Waals surface area contributed by atoms with Crippen LogP contribution in [0.15, 0.2) is 54.6 Å². The number of hydrogen-bond donors (Lipinski definition) is 2. The number of aliphatic hydroxyl groups is 1. The van der Waals surface area contributed by atoms with Gasteiger partial charge in [-0.25, -0.2) is 0 Å². The Bertz CT molecular complexity index is 511. The van der Waals surface area contributed by atoms with Gasteiger partial charge in [0, 0.05) is 6.54 Å². The Morgan fingerprint density at radius 2 is 1.76 bits per heavy atom. The molecule has 0 spiro atoms. The Morgan fingerprint density at radius 3 is 2.38 bits per heavy atom. The predicted octanol–water partition coefficient (Wildman–Crippen LogP) is 3.30. The Labute approximate surface area is 126 Å². The van der Waals surface area contributed by atoms with E-state index in [4.69, 9.17) is 4.74 Å². The zero-order valence-corrected chi connectivity index (χ0v) is 12.5. The lowest BCUT2D eigenvalue weighted by atomic mass is 10.1. The molecule has 112 valence electrons. The van der Waals surface area contributed by atoms with Gasteiger partial charge in [-0.3, -0.25) is 0 Å². The minimum atomic E-state index is -0.0396. The average Bonchev–Trinajstić information content (AvgIpc) is 2.55. The van der Waals surface area contributed by atoms with E-state index in [9.17, 15) is 5.11 Å². The van der Waals surface area contributed by atoms with E-state index in [0.717, 1.165) is 24.3 Å². The summed E-state index contributed by atoms with van der Waals surface area (Å²) in [5.74, 6) is 0.905. The standard InChI is InChI=1S/C18H23NO2/c1-2-12-21-17-10-8-15(9-11-17)13-19-18(14-20)16-6-4-3-5-7-16/h3-11,18-20H,2,12-14H2,1H3. The van der Waals surface area contributed by atoms with E-state index in [1.165, 1.54) is 5.56 Å². The fourth-order valence-electron chi connectivity index (χ4n) is 2.14. The summed E-state index contributed by atoms with van der Waals surface area (Å²) in [7, 11) is 0. The van der Waals surface area contributed by atoms with Crippen molar-refractivity contribution in [1.29, 1.82) is 0 Å². The molecule has 3 nitrogen and oxygen atoms in total. The van der Waals surface area contributed by atoms with Gasteiger partial charge in [-0.2, -0.15) is 0 Å². The van der Waals surface area contributed by atoms with Gasteiger partial charge in [0.15, 0.2) is 0 Å². The minimum absolute atomic E-state index is 0.0396. The Hall–Kier alpha value is -1.84. The van der Waals surface area contributed by atoms with Crippen LogP contribution < -0.4 is 10.1 Å². The van der Waals surface area contributed by atoms with Crippen molar-refractivity contribution in [2.75, 3.05) is 13.2 Å². The molecule has 1 unspecified atom stereocenters. The predicted molar refractivity (Wildman–Crippen MR) is 85.3 cm³/mol. The molecule has 2 N–H and O–H groups in total. The normalized spacial score (nSPS) is 12.1. The average molecular weight is 285 g/mol. The summed E-state index contributed by atoms with van der Waals surface area (Å²) in [6.45, 7) is 3.64. The highest BCUT2D eigenvalue weighted by Gasteiger charge is 2.08. The maximum absolute atomic E-state index is 9.52. The summed E-state index contributed by atoms with van der Waals surface area (Å²) in [4.78, 5) is 0. The molecule has 0 saturated carbocycles. The lowest BCUT2D eigenvalue weighted by molar-refractivity contribution is 0.243. The van der Waals surface area contributed by atoms with Gasteiger partial charge < -0.3 is 15.2 Å². The van der Waals surface area contributed by atoms with E-state index >= 15 is 0 Å². The van der Waals surface area contributed by atoms with Gasteiger partial charge in [-0.1, -0.05) is 49.4 Å².